The predicted molar refractivity (Wildman–Crippen MR) is 66.4 cm³/mol. The van der Waals surface area contributed by atoms with E-state index in [-0.39, 0.29) is 19.1 Å². The highest BCUT2D eigenvalue weighted by molar-refractivity contribution is 9.10. The molecule has 1 N–H and O–H groups in total. The molecule has 7 heteroatoms. The van der Waals surface area contributed by atoms with E-state index in [1.165, 1.54) is 4.90 Å². The number of ether oxygens (including phenoxy) is 1. The van der Waals surface area contributed by atoms with E-state index in [0.717, 1.165) is 4.47 Å². The van der Waals surface area contributed by atoms with E-state index in [2.05, 4.69) is 15.9 Å². The van der Waals surface area contributed by atoms with Crippen molar-refractivity contribution in [1.82, 2.24) is 9.47 Å². The zero-order valence-electron chi connectivity index (χ0n) is 9.80. The van der Waals surface area contributed by atoms with Crippen LogP contribution in [0.15, 0.2) is 16.7 Å². The number of carbonyl (C=O) groups is 2. The molecular weight excluding hydrogens is 304 g/mol. The monoisotopic (exact) mass is 316 g/mol. The van der Waals surface area contributed by atoms with Gasteiger partial charge in [-0.2, -0.15) is 0 Å². The van der Waals surface area contributed by atoms with Gasteiger partial charge in [-0.25, -0.2) is 4.79 Å². The lowest BCUT2D eigenvalue weighted by molar-refractivity contribution is -0.154. The zero-order chi connectivity index (χ0) is 13.3. The number of aliphatic carboxylic acids is 1. The number of hydrogen-bond acceptors (Lipinski definition) is 3. The Morgan fingerprint density at radius 2 is 2.28 bits per heavy atom. The third-order valence-electron chi connectivity index (χ3n) is 2.82. The van der Waals surface area contributed by atoms with E-state index >= 15 is 0 Å². The standard InChI is InChI=1S/C11H13BrN2O4/c1-13-5-7(12)4-8(13)10(15)14-2-3-18-9(6-14)11(16)17/h4-5,9H,2-3,6H2,1H3,(H,16,17). The Balaban J connectivity index is 2.14. The van der Waals surface area contributed by atoms with Gasteiger partial charge < -0.3 is 19.3 Å². The number of carboxylic acids is 1. The molecular formula is C11H13BrN2O4. The minimum Gasteiger partial charge on any atom is -0.479 e. The first-order valence-corrected chi connectivity index (χ1v) is 6.24. The number of morpholine rings is 1. The van der Waals surface area contributed by atoms with Crippen LogP contribution in [0.5, 0.6) is 0 Å². The van der Waals surface area contributed by atoms with E-state index in [1.54, 1.807) is 23.9 Å². The third-order valence-corrected chi connectivity index (χ3v) is 3.25. The fourth-order valence-electron chi connectivity index (χ4n) is 1.88. The van der Waals surface area contributed by atoms with Crippen LogP contribution in [-0.4, -0.2) is 52.3 Å². The van der Waals surface area contributed by atoms with Crippen LogP contribution in [0.25, 0.3) is 0 Å². The molecule has 2 rings (SSSR count). The minimum atomic E-state index is -1.04. The molecule has 6 nitrogen and oxygen atoms in total. The van der Waals surface area contributed by atoms with Crippen LogP contribution < -0.4 is 0 Å². The second-order valence-corrected chi connectivity index (χ2v) is 5.02. The average Bonchev–Trinajstić information content (AvgIpc) is 2.67. The summed E-state index contributed by atoms with van der Waals surface area (Å²) in [6.07, 6.45) is 0.842. The van der Waals surface area contributed by atoms with Gasteiger partial charge in [-0.05, 0) is 22.0 Å². The lowest BCUT2D eigenvalue weighted by Gasteiger charge is -2.30. The van der Waals surface area contributed by atoms with Crippen molar-refractivity contribution in [1.29, 1.82) is 0 Å². The molecule has 98 valence electrons. The summed E-state index contributed by atoms with van der Waals surface area (Å²) in [5, 5.41) is 8.89. The maximum atomic E-state index is 12.2. The topological polar surface area (TPSA) is 71.8 Å². The van der Waals surface area contributed by atoms with Crippen LogP contribution in [0, 0.1) is 0 Å². The van der Waals surface area contributed by atoms with Gasteiger partial charge in [-0.3, -0.25) is 4.79 Å². The van der Waals surface area contributed by atoms with Crippen LogP contribution in [0.3, 0.4) is 0 Å². The van der Waals surface area contributed by atoms with Crippen molar-refractivity contribution in [3.63, 3.8) is 0 Å². The fraction of sp³-hybridized carbons (Fsp3) is 0.455. The highest BCUT2D eigenvalue weighted by Gasteiger charge is 2.30. The van der Waals surface area contributed by atoms with Crippen LogP contribution in [0.4, 0.5) is 0 Å². The Bertz CT molecular complexity index is 485. The average molecular weight is 317 g/mol. The number of nitrogens with zero attached hydrogens (tertiary/aromatic N) is 2. The predicted octanol–water partition coefficient (Wildman–Crippen LogP) is 0.713. The molecule has 0 spiro atoms. The van der Waals surface area contributed by atoms with Crippen LogP contribution in [0.1, 0.15) is 10.5 Å². The Labute approximate surface area is 112 Å². The summed E-state index contributed by atoms with van der Waals surface area (Å²) in [4.78, 5) is 24.6. The maximum absolute atomic E-state index is 12.2. The molecule has 0 aromatic carbocycles. The number of carbonyl (C=O) groups excluding carboxylic acids is 1. The normalized spacial score (nSPS) is 19.9. The van der Waals surface area contributed by atoms with Crippen molar-refractivity contribution in [2.75, 3.05) is 19.7 Å². The molecule has 1 amide bonds. The number of aromatic nitrogens is 1. The highest BCUT2D eigenvalue weighted by Crippen LogP contribution is 2.17. The first-order chi connectivity index (χ1) is 8.49. The lowest BCUT2D eigenvalue weighted by atomic mass is 10.2. The van der Waals surface area contributed by atoms with E-state index in [0.29, 0.717) is 12.2 Å². The van der Waals surface area contributed by atoms with Gasteiger partial charge in [0.1, 0.15) is 5.69 Å². The Kier molecular flexibility index (Phi) is 3.72. The largest absolute Gasteiger partial charge is 0.479 e. The lowest BCUT2D eigenvalue weighted by Crippen LogP contribution is -2.48. The van der Waals surface area contributed by atoms with Crippen LogP contribution >= 0.6 is 15.9 Å². The molecule has 1 aliphatic rings. The Morgan fingerprint density at radius 3 is 2.83 bits per heavy atom. The van der Waals surface area contributed by atoms with Gasteiger partial charge in [0.05, 0.1) is 13.2 Å². The van der Waals surface area contributed by atoms with Gasteiger partial charge in [0.15, 0.2) is 6.10 Å². The Hall–Kier alpha value is -1.34. The Morgan fingerprint density at radius 1 is 1.56 bits per heavy atom. The second kappa shape index (κ2) is 5.11. The van der Waals surface area contributed by atoms with Crippen molar-refractivity contribution in [3.05, 3.63) is 22.4 Å². The van der Waals surface area contributed by atoms with E-state index in [9.17, 15) is 9.59 Å². The molecule has 1 unspecified atom stereocenters. The summed E-state index contributed by atoms with van der Waals surface area (Å²) in [5.74, 6) is -1.22. The highest BCUT2D eigenvalue weighted by atomic mass is 79.9. The summed E-state index contributed by atoms with van der Waals surface area (Å²) in [6.45, 7) is 0.733. The molecule has 0 bridgehead atoms. The zero-order valence-corrected chi connectivity index (χ0v) is 11.4. The fourth-order valence-corrected chi connectivity index (χ4v) is 2.41. The van der Waals surface area contributed by atoms with Gasteiger partial charge in [-0.15, -0.1) is 0 Å². The number of amides is 1. The molecule has 1 aromatic rings. The summed E-state index contributed by atoms with van der Waals surface area (Å²) in [6, 6.07) is 1.72. The smallest absolute Gasteiger partial charge is 0.334 e. The van der Waals surface area contributed by atoms with E-state index < -0.39 is 12.1 Å². The van der Waals surface area contributed by atoms with Crippen LogP contribution in [0.2, 0.25) is 0 Å². The summed E-state index contributed by atoms with van der Waals surface area (Å²) >= 11 is 3.30. The second-order valence-electron chi connectivity index (χ2n) is 4.10. The van der Waals surface area contributed by atoms with Gasteiger partial charge in [0.2, 0.25) is 0 Å². The quantitative estimate of drug-likeness (QED) is 0.872. The van der Waals surface area contributed by atoms with Gasteiger partial charge in [0.25, 0.3) is 5.91 Å². The van der Waals surface area contributed by atoms with Gasteiger partial charge >= 0.3 is 5.97 Å². The van der Waals surface area contributed by atoms with Gasteiger partial charge in [-0.1, -0.05) is 0 Å². The molecule has 2 heterocycles. The van der Waals surface area contributed by atoms with Crippen molar-refractivity contribution < 1.29 is 19.4 Å². The maximum Gasteiger partial charge on any atom is 0.334 e. The summed E-state index contributed by atoms with van der Waals surface area (Å²) < 4.78 is 7.60. The number of aryl methyl sites for hydroxylation is 1. The first-order valence-electron chi connectivity index (χ1n) is 5.44. The van der Waals surface area contributed by atoms with Crippen molar-refractivity contribution in [2.24, 2.45) is 7.05 Å². The summed E-state index contributed by atoms with van der Waals surface area (Å²) in [5.41, 5.74) is 0.521. The number of hydrogen-bond donors (Lipinski definition) is 1. The molecule has 1 aromatic heterocycles. The first kappa shape index (κ1) is 13.1. The van der Waals surface area contributed by atoms with Crippen molar-refractivity contribution >= 4 is 27.8 Å². The molecule has 0 radical (unpaired) electrons. The van der Waals surface area contributed by atoms with Gasteiger partial charge in [0, 0.05) is 24.3 Å². The molecule has 1 saturated heterocycles. The number of rotatable bonds is 2. The minimum absolute atomic E-state index is 0.0803. The van der Waals surface area contributed by atoms with E-state index in [4.69, 9.17) is 9.84 Å². The molecule has 18 heavy (non-hydrogen) atoms. The molecule has 1 fully saturated rings. The number of carboxylic acid groups (broad SMARTS) is 1. The van der Waals surface area contributed by atoms with Crippen molar-refractivity contribution in [3.8, 4) is 0 Å². The van der Waals surface area contributed by atoms with E-state index in [1.807, 2.05) is 0 Å². The third kappa shape index (κ3) is 2.56. The number of halogens is 1. The molecule has 0 aliphatic carbocycles. The summed E-state index contributed by atoms with van der Waals surface area (Å²) in [7, 11) is 1.77. The molecule has 1 aliphatic heterocycles. The van der Waals surface area contributed by atoms with Crippen molar-refractivity contribution in [2.45, 2.75) is 6.10 Å². The molecule has 1 atom stereocenters. The SMILES string of the molecule is Cn1cc(Br)cc1C(=O)N1CCOC(C(=O)O)C1. The molecule has 0 saturated carbocycles. The van der Waals surface area contributed by atoms with Crippen LogP contribution in [-0.2, 0) is 16.6 Å².